The number of rotatable bonds is 3. The minimum Gasteiger partial charge on any atom is -0.480 e. The van der Waals surface area contributed by atoms with Crippen molar-refractivity contribution in [1.82, 2.24) is 4.90 Å². The summed E-state index contributed by atoms with van der Waals surface area (Å²) >= 11 is 3.12. The first-order valence-electron chi connectivity index (χ1n) is 6.26. The number of hydrogen-bond donors (Lipinski definition) is 1. The molecule has 1 saturated heterocycles. The van der Waals surface area contributed by atoms with Gasteiger partial charge >= 0.3 is 5.97 Å². The summed E-state index contributed by atoms with van der Waals surface area (Å²) in [5, 5.41) is 20.2. The second-order valence-electron chi connectivity index (χ2n) is 5.09. The number of likely N-dealkylation sites (tertiary alicyclic amines) is 1. The Morgan fingerprint density at radius 2 is 2.10 bits per heavy atom. The van der Waals surface area contributed by atoms with Gasteiger partial charge in [0, 0.05) is 28.7 Å². The number of halogens is 1. The minimum absolute atomic E-state index is 0.102. The van der Waals surface area contributed by atoms with Gasteiger partial charge in [-0.05, 0) is 25.8 Å². The largest absolute Gasteiger partial charge is 0.480 e. The Hall–Kier alpha value is -1.96. The molecule has 1 atom stereocenters. The van der Waals surface area contributed by atoms with Gasteiger partial charge in [-0.1, -0.05) is 15.9 Å². The molecule has 2 rings (SSSR count). The molecule has 0 aliphatic carbocycles. The summed E-state index contributed by atoms with van der Waals surface area (Å²) in [6.07, 6.45) is 0.953. The highest BCUT2D eigenvalue weighted by atomic mass is 79.9. The van der Waals surface area contributed by atoms with E-state index >= 15 is 0 Å². The van der Waals surface area contributed by atoms with Gasteiger partial charge < -0.3 is 10.0 Å². The van der Waals surface area contributed by atoms with Gasteiger partial charge in [0.25, 0.3) is 11.6 Å². The minimum atomic E-state index is -1.27. The van der Waals surface area contributed by atoms with Crippen LogP contribution in [0.1, 0.15) is 30.1 Å². The number of amides is 1. The molecular weight excluding hydrogens is 344 g/mol. The molecule has 1 aliphatic heterocycles. The molecule has 1 N–H and O–H groups in total. The fourth-order valence-electron chi connectivity index (χ4n) is 2.47. The van der Waals surface area contributed by atoms with Crippen molar-refractivity contribution in [3.8, 4) is 0 Å². The second kappa shape index (κ2) is 5.44. The van der Waals surface area contributed by atoms with Crippen LogP contribution in [-0.4, -0.2) is 38.9 Å². The summed E-state index contributed by atoms with van der Waals surface area (Å²) in [4.78, 5) is 35.4. The van der Waals surface area contributed by atoms with Crippen LogP contribution in [-0.2, 0) is 4.79 Å². The summed E-state index contributed by atoms with van der Waals surface area (Å²) < 4.78 is 0.399. The molecule has 0 spiro atoms. The molecule has 0 saturated carbocycles. The topological polar surface area (TPSA) is 101 Å². The lowest BCUT2D eigenvalue weighted by Crippen LogP contribution is -2.50. The molecule has 0 radical (unpaired) electrons. The van der Waals surface area contributed by atoms with Crippen molar-refractivity contribution in [2.45, 2.75) is 25.3 Å². The Morgan fingerprint density at radius 1 is 1.43 bits per heavy atom. The van der Waals surface area contributed by atoms with Gasteiger partial charge in [-0.25, -0.2) is 4.79 Å². The predicted molar refractivity (Wildman–Crippen MR) is 77.1 cm³/mol. The Kier molecular flexibility index (Phi) is 3.99. The third-order valence-electron chi connectivity index (χ3n) is 3.69. The second-order valence-corrected chi connectivity index (χ2v) is 6.01. The maximum Gasteiger partial charge on any atom is 0.329 e. The predicted octanol–water partition coefficient (Wildman–Crippen LogP) is 2.44. The molecule has 1 heterocycles. The fraction of sp³-hybridized carbons (Fsp3) is 0.385. The van der Waals surface area contributed by atoms with Crippen molar-refractivity contribution in [2.75, 3.05) is 6.54 Å². The van der Waals surface area contributed by atoms with Crippen molar-refractivity contribution in [1.29, 1.82) is 0 Å². The van der Waals surface area contributed by atoms with Crippen LogP contribution in [0.5, 0.6) is 0 Å². The normalized spacial score (nSPS) is 21.3. The van der Waals surface area contributed by atoms with E-state index in [2.05, 4.69) is 15.9 Å². The van der Waals surface area contributed by atoms with Crippen LogP contribution in [0.2, 0.25) is 0 Å². The number of carbonyl (C=O) groups excluding carboxylic acids is 1. The summed E-state index contributed by atoms with van der Waals surface area (Å²) in [6, 6.07) is 3.90. The van der Waals surface area contributed by atoms with Crippen molar-refractivity contribution < 1.29 is 19.6 Å². The van der Waals surface area contributed by atoms with E-state index in [1.165, 1.54) is 24.0 Å². The molecule has 1 amide bonds. The van der Waals surface area contributed by atoms with E-state index in [0.29, 0.717) is 23.9 Å². The van der Waals surface area contributed by atoms with Crippen LogP contribution in [0.4, 0.5) is 5.69 Å². The van der Waals surface area contributed by atoms with Crippen LogP contribution in [0.25, 0.3) is 0 Å². The zero-order valence-corrected chi connectivity index (χ0v) is 12.8. The van der Waals surface area contributed by atoms with Crippen LogP contribution >= 0.6 is 15.9 Å². The average Bonchev–Trinajstić information content (AvgIpc) is 2.80. The Bertz CT molecular complexity index is 633. The standard InChI is InChI=1S/C13H13BrN2O5/c1-13(12(18)19)3-2-4-15(13)11(17)8-5-9(14)7-10(6-8)16(20)21/h5-7H,2-4H2,1H3,(H,18,19). The monoisotopic (exact) mass is 356 g/mol. The van der Waals surface area contributed by atoms with Gasteiger partial charge in [-0.2, -0.15) is 0 Å². The van der Waals surface area contributed by atoms with Gasteiger partial charge in [0.05, 0.1) is 4.92 Å². The summed E-state index contributed by atoms with van der Waals surface area (Å²) in [6.45, 7) is 1.81. The molecular formula is C13H13BrN2O5. The number of nitro benzene ring substituents is 1. The lowest BCUT2D eigenvalue weighted by Gasteiger charge is -2.31. The van der Waals surface area contributed by atoms with E-state index in [-0.39, 0.29) is 11.3 Å². The lowest BCUT2D eigenvalue weighted by atomic mass is 9.98. The van der Waals surface area contributed by atoms with Crippen molar-refractivity contribution in [3.63, 3.8) is 0 Å². The maximum absolute atomic E-state index is 12.5. The number of hydrogen-bond acceptors (Lipinski definition) is 4. The number of aliphatic carboxylic acids is 1. The first kappa shape index (κ1) is 15.4. The van der Waals surface area contributed by atoms with Gasteiger partial charge in [0.1, 0.15) is 5.54 Å². The number of carbonyl (C=O) groups is 2. The highest BCUT2D eigenvalue weighted by Gasteiger charge is 2.46. The van der Waals surface area contributed by atoms with Crippen molar-refractivity contribution in [3.05, 3.63) is 38.3 Å². The molecule has 8 heteroatoms. The Balaban J connectivity index is 2.40. The van der Waals surface area contributed by atoms with E-state index in [9.17, 15) is 24.8 Å². The number of carboxylic acids is 1. The van der Waals surface area contributed by atoms with Crippen molar-refractivity contribution in [2.24, 2.45) is 0 Å². The molecule has 1 unspecified atom stereocenters. The highest BCUT2D eigenvalue weighted by molar-refractivity contribution is 9.10. The molecule has 0 bridgehead atoms. The van der Waals surface area contributed by atoms with Crippen LogP contribution in [0.3, 0.4) is 0 Å². The first-order chi connectivity index (χ1) is 9.75. The maximum atomic E-state index is 12.5. The fourth-order valence-corrected chi connectivity index (χ4v) is 2.95. The third kappa shape index (κ3) is 2.76. The molecule has 0 aromatic heterocycles. The third-order valence-corrected chi connectivity index (χ3v) is 4.15. The molecule has 1 aromatic rings. The quantitative estimate of drug-likeness (QED) is 0.661. The van der Waals surface area contributed by atoms with Gasteiger partial charge in [0.15, 0.2) is 0 Å². The van der Waals surface area contributed by atoms with E-state index in [1.54, 1.807) is 0 Å². The summed E-state index contributed by atoms with van der Waals surface area (Å²) in [7, 11) is 0. The SMILES string of the molecule is CC1(C(=O)O)CCCN1C(=O)c1cc(Br)cc([N+](=O)[O-])c1. The van der Waals surface area contributed by atoms with Crippen LogP contribution in [0.15, 0.2) is 22.7 Å². The zero-order chi connectivity index (χ0) is 15.8. The molecule has 1 aromatic carbocycles. The van der Waals surface area contributed by atoms with E-state index in [1.807, 2.05) is 0 Å². The molecule has 1 aliphatic rings. The molecule has 21 heavy (non-hydrogen) atoms. The smallest absolute Gasteiger partial charge is 0.329 e. The zero-order valence-electron chi connectivity index (χ0n) is 11.2. The van der Waals surface area contributed by atoms with Gasteiger partial charge in [0.2, 0.25) is 0 Å². The van der Waals surface area contributed by atoms with Crippen LogP contribution < -0.4 is 0 Å². The average molecular weight is 357 g/mol. The number of non-ortho nitro benzene ring substituents is 1. The number of nitrogens with zero attached hydrogens (tertiary/aromatic N) is 2. The molecule has 7 nitrogen and oxygen atoms in total. The van der Waals surface area contributed by atoms with Crippen LogP contribution in [0, 0.1) is 10.1 Å². The molecule has 112 valence electrons. The number of benzene rings is 1. The van der Waals surface area contributed by atoms with Crippen molar-refractivity contribution >= 4 is 33.5 Å². The Morgan fingerprint density at radius 3 is 2.67 bits per heavy atom. The summed E-state index contributed by atoms with van der Waals surface area (Å²) in [5.41, 5.74) is -1.39. The Labute approximate surface area is 128 Å². The number of nitro groups is 1. The van der Waals surface area contributed by atoms with E-state index in [0.717, 1.165) is 6.07 Å². The van der Waals surface area contributed by atoms with Gasteiger partial charge in [-0.15, -0.1) is 0 Å². The first-order valence-corrected chi connectivity index (χ1v) is 7.05. The summed E-state index contributed by atoms with van der Waals surface area (Å²) in [5.74, 6) is -1.58. The van der Waals surface area contributed by atoms with E-state index in [4.69, 9.17) is 0 Å². The number of carboxylic acid groups (broad SMARTS) is 1. The van der Waals surface area contributed by atoms with E-state index < -0.39 is 22.3 Å². The highest BCUT2D eigenvalue weighted by Crippen LogP contribution is 2.32. The lowest BCUT2D eigenvalue weighted by molar-refractivity contribution is -0.385. The van der Waals surface area contributed by atoms with Gasteiger partial charge in [-0.3, -0.25) is 14.9 Å². The molecule has 1 fully saturated rings.